The lowest BCUT2D eigenvalue weighted by Gasteiger charge is -2.25. The number of carbonyl (C=O) groups is 1. The normalized spacial score (nSPS) is 12.2. The van der Waals surface area contributed by atoms with Crippen LogP contribution in [0.4, 0.5) is 10.1 Å². The van der Waals surface area contributed by atoms with E-state index in [-0.39, 0.29) is 22.5 Å². The summed E-state index contributed by atoms with van der Waals surface area (Å²) in [5.41, 5.74) is 1.47. The lowest BCUT2D eigenvalue weighted by atomic mass is 10.2. The first kappa shape index (κ1) is 22.7. The largest absolute Gasteiger partial charge is 0.309 e. The summed E-state index contributed by atoms with van der Waals surface area (Å²) in [6, 6.07) is 9.87. The predicted molar refractivity (Wildman–Crippen MR) is 132 cm³/mol. The number of hydrogen-bond acceptors (Lipinski definition) is 6. The maximum Gasteiger partial charge on any atom is 0.259 e. The Balaban J connectivity index is 1.52. The molecule has 0 aliphatic rings. The van der Waals surface area contributed by atoms with Crippen molar-refractivity contribution in [1.82, 2.24) is 9.97 Å². The average Bonchev–Trinajstić information content (AvgIpc) is 3.38. The van der Waals surface area contributed by atoms with Crippen LogP contribution in [0.3, 0.4) is 0 Å². The third kappa shape index (κ3) is 4.79. The fraction of sp³-hybridized carbons (Fsp3) is 0.261. The molecule has 1 unspecified atom stereocenters. The molecule has 1 amide bonds. The maximum absolute atomic E-state index is 13.4. The van der Waals surface area contributed by atoms with Crippen LogP contribution in [0.2, 0.25) is 0 Å². The molecule has 0 saturated heterocycles. The number of aromatic amines is 1. The number of benzene rings is 1. The predicted octanol–water partition coefficient (Wildman–Crippen LogP) is 5.66. The molecule has 4 aromatic rings. The zero-order valence-electron chi connectivity index (χ0n) is 17.8. The Kier molecular flexibility index (Phi) is 6.78. The number of anilines is 1. The van der Waals surface area contributed by atoms with Gasteiger partial charge in [0.2, 0.25) is 5.91 Å². The molecule has 0 fully saturated rings. The Morgan fingerprint density at radius 2 is 2.00 bits per heavy atom. The highest BCUT2D eigenvalue weighted by atomic mass is 32.2. The number of carbonyl (C=O) groups excluding carboxylic acids is 1. The number of aryl methyl sites for hydroxylation is 2. The van der Waals surface area contributed by atoms with E-state index < -0.39 is 0 Å². The fourth-order valence-electron chi connectivity index (χ4n) is 3.34. The molecule has 1 aromatic carbocycles. The standard InChI is InChI=1S/C23H22FN3O2S3/c1-13-14(2)32-22-20(13)21(28)25-19(26-22)12-31-15(3)23(29)27(11-18-5-4-10-30-18)17-8-6-16(24)7-9-17/h4-10,15H,11-12H2,1-3H3,(H,25,26,28). The minimum absolute atomic E-state index is 0.0822. The van der Waals surface area contributed by atoms with Gasteiger partial charge in [-0.25, -0.2) is 9.37 Å². The van der Waals surface area contributed by atoms with Crippen LogP contribution in [-0.2, 0) is 17.1 Å². The number of halogens is 1. The van der Waals surface area contributed by atoms with Crippen molar-refractivity contribution in [2.75, 3.05) is 4.90 Å². The van der Waals surface area contributed by atoms with Crippen molar-refractivity contribution in [2.24, 2.45) is 0 Å². The number of aromatic nitrogens is 2. The Morgan fingerprint density at radius 1 is 1.25 bits per heavy atom. The topological polar surface area (TPSA) is 66.1 Å². The molecule has 0 radical (unpaired) electrons. The van der Waals surface area contributed by atoms with Crippen LogP contribution in [0.5, 0.6) is 0 Å². The van der Waals surface area contributed by atoms with Gasteiger partial charge >= 0.3 is 0 Å². The molecule has 0 bridgehead atoms. The van der Waals surface area contributed by atoms with Crippen LogP contribution in [0, 0.1) is 19.7 Å². The van der Waals surface area contributed by atoms with Crippen LogP contribution in [-0.4, -0.2) is 21.1 Å². The molecule has 3 heterocycles. The van der Waals surface area contributed by atoms with E-state index in [4.69, 9.17) is 0 Å². The van der Waals surface area contributed by atoms with E-state index in [2.05, 4.69) is 9.97 Å². The van der Waals surface area contributed by atoms with E-state index in [1.54, 1.807) is 28.4 Å². The number of rotatable bonds is 7. The highest BCUT2D eigenvalue weighted by Gasteiger charge is 2.24. The lowest BCUT2D eigenvalue weighted by Crippen LogP contribution is -2.36. The number of nitrogens with one attached hydrogen (secondary N) is 1. The first-order chi connectivity index (χ1) is 15.3. The Morgan fingerprint density at radius 3 is 2.69 bits per heavy atom. The molecule has 9 heteroatoms. The van der Waals surface area contributed by atoms with Crippen molar-refractivity contribution in [2.45, 2.75) is 38.3 Å². The molecule has 1 atom stereocenters. The average molecular weight is 488 g/mol. The van der Waals surface area contributed by atoms with Gasteiger partial charge in [0.1, 0.15) is 16.5 Å². The van der Waals surface area contributed by atoms with Crippen molar-refractivity contribution in [3.8, 4) is 0 Å². The Hall–Kier alpha value is -2.49. The van der Waals surface area contributed by atoms with Gasteiger partial charge in [-0.15, -0.1) is 34.4 Å². The van der Waals surface area contributed by atoms with Crippen molar-refractivity contribution >= 4 is 56.2 Å². The summed E-state index contributed by atoms with van der Waals surface area (Å²) in [7, 11) is 0. The molecule has 166 valence electrons. The van der Waals surface area contributed by atoms with Gasteiger partial charge in [0.05, 0.1) is 22.9 Å². The second-order valence-corrected chi connectivity index (χ2v) is 11.0. The molecule has 0 saturated carbocycles. The highest BCUT2D eigenvalue weighted by molar-refractivity contribution is 7.99. The monoisotopic (exact) mass is 487 g/mol. The van der Waals surface area contributed by atoms with Gasteiger partial charge in [0.25, 0.3) is 5.56 Å². The second-order valence-electron chi connectivity index (χ2n) is 7.41. The number of nitrogens with zero attached hydrogens (tertiary/aromatic N) is 2. The molecule has 4 rings (SSSR count). The van der Waals surface area contributed by atoms with Crippen LogP contribution in [0.15, 0.2) is 46.6 Å². The summed E-state index contributed by atoms with van der Waals surface area (Å²) >= 11 is 4.49. The SMILES string of the molecule is Cc1sc2nc(CSC(C)C(=O)N(Cc3cccs3)c3ccc(F)cc3)[nH]c(=O)c2c1C. The number of hydrogen-bond donors (Lipinski definition) is 1. The molecule has 32 heavy (non-hydrogen) atoms. The van der Waals surface area contributed by atoms with Crippen LogP contribution >= 0.6 is 34.4 Å². The number of thiophene rings is 2. The Labute approximate surface area is 197 Å². The van der Waals surface area contributed by atoms with E-state index in [0.29, 0.717) is 29.2 Å². The summed E-state index contributed by atoms with van der Waals surface area (Å²) in [6.07, 6.45) is 0. The number of amides is 1. The molecule has 0 spiro atoms. The van der Waals surface area contributed by atoms with Crippen molar-refractivity contribution < 1.29 is 9.18 Å². The first-order valence-electron chi connectivity index (χ1n) is 10.0. The summed E-state index contributed by atoms with van der Waals surface area (Å²) in [5, 5.41) is 2.23. The molecule has 0 aliphatic heterocycles. The van der Waals surface area contributed by atoms with E-state index in [1.165, 1.54) is 35.2 Å². The summed E-state index contributed by atoms with van der Waals surface area (Å²) in [4.78, 5) is 37.8. The minimum atomic E-state index is -0.382. The second kappa shape index (κ2) is 9.56. The number of fused-ring (bicyclic) bond motifs is 1. The van der Waals surface area contributed by atoms with E-state index in [0.717, 1.165) is 20.1 Å². The van der Waals surface area contributed by atoms with E-state index in [9.17, 15) is 14.0 Å². The van der Waals surface area contributed by atoms with Crippen molar-refractivity contribution in [3.63, 3.8) is 0 Å². The van der Waals surface area contributed by atoms with Gasteiger partial charge in [-0.2, -0.15) is 0 Å². The van der Waals surface area contributed by atoms with Crippen molar-refractivity contribution in [3.05, 3.63) is 79.1 Å². The Bertz CT molecular complexity index is 1300. The van der Waals surface area contributed by atoms with E-state index >= 15 is 0 Å². The summed E-state index contributed by atoms with van der Waals surface area (Å²) in [6.45, 7) is 6.17. The zero-order valence-corrected chi connectivity index (χ0v) is 20.3. The molecular formula is C23H22FN3O2S3. The van der Waals surface area contributed by atoms with Gasteiger partial charge in [-0.3, -0.25) is 9.59 Å². The van der Waals surface area contributed by atoms with Gasteiger partial charge in [-0.05, 0) is 62.0 Å². The summed E-state index contributed by atoms with van der Waals surface area (Å²) in [5.74, 6) is 0.537. The third-order valence-corrected chi connectivity index (χ3v) is 8.31. The minimum Gasteiger partial charge on any atom is -0.309 e. The quantitative estimate of drug-likeness (QED) is 0.365. The fourth-order valence-corrected chi connectivity index (χ4v) is 5.89. The molecule has 1 N–H and O–H groups in total. The smallest absolute Gasteiger partial charge is 0.259 e. The third-order valence-electron chi connectivity index (χ3n) is 5.20. The maximum atomic E-state index is 13.4. The summed E-state index contributed by atoms with van der Waals surface area (Å²) < 4.78 is 13.4. The van der Waals surface area contributed by atoms with E-state index in [1.807, 2.05) is 38.3 Å². The number of H-pyrrole nitrogens is 1. The molecule has 3 aromatic heterocycles. The van der Waals surface area contributed by atoms with Gasteiger partial charge < -0.3 is 9.88 Å². The highest BCUT2D eigenvalue weighted by Crippen LogP contribution is 2.28. The molecule has 0 aliphatic carbocycles. The van der Waals surface area contributed by atoms with Crippen LogP contribution in [0.25, 0.3) is 10.2 Å². The van der Waals surface area contributed by atoms with Crippen molar-refractivity contribution in [1.29, 1.82) is 0 Å². The van der Waals surface area contributed by atoms with Crippen LogP contribution < -0.4 is 10.5 Å². The molecular weight excluding hydrogens is 465 g/mol. The van der Waals surface area contributed by atoms with Crippen LogP contribution in [0.1, 0.15) is 28.1 Å². The van der Waals surface area contributed by atoms with Gasteiger partial charge in [0, 0.05) is 15.4 Å². The lowest BCUT2D eigenvalue weighted by molar-refractivity contribution is -0.118. The molecule has 5 nitrogen and oxygen atoms in total. The first-order valence-corrected chi connectivity index (χ1v) is 12.8. The van der Waals surface area contributed by atoms with Gasteiger partial charge in [0.15, 0.2) is 0 Å². The zero-order chi connectivity index (χ0) is 22.8. The van der Waals surface area contributed by atoms with Gasteiger partial charge in [-0.1, -0.05) is 6.07 Å². The number of thioether (sulfide) groups is 1.